The summed E-state index contributed by atoms with van der Waals surface area (Å²) in [4.78, 5) is 60.7. The highest BCUT2D eigenvalue weighted by Crippen LogP contribution is 2.34. The molecule has 6 aliphatic rings. The smallest absolute Gasteiger partial charge is 0.261 e. The lowest BCUT2D eigenvalue weighted by molar-refractivity contribution is -0.127. The van der Waals surface area contributed by atoms with Crippen LogP contribution in [0.3, 0.4) is 0 Å². The average Bonchev–Trinajstić information content (AvgIpc) is 1.74. The minimum atomic E-state index is -0.228. The molecule has 13 rings (SSSR count). The first kappa shape index (κ1) is 109. The van der Waals surface area contributed by atoms with E-state index in [-0.39, 0.29) is 45.4 Å². The SMILES string of the molecule is CC.CC.CC.CC.CC.CC(C)(C)C.CC(C)(C)C.CC(C)(C)C.CC(C)(C)C.CC(C)(C)N1CCc2ccccc21.CC(C)(C)N1Cc2ccccc2C1=O.CC(C)(C)n1cnc2ccccc2c1=O.CCN1C(=O)C=CC1(C)C.CN1C(=O)Cc2ccccc21.CN1CCOc2ccccc21.c1ccc2c(c1)CCC2. The molecule has 12 nitrogen and oxygen atoms in total. The number of amides is 3. The normalized spacial score (nSPS) is 14.0. The number of para-hydroxylation sites is 5. The summed E-state index contributed by atoms with van der Waals surface area (Å²) in [5, 5.41) is 0.676. The molecule has 0 fully saturated rings. The standard InChI is InChI=1S/C12H14N2O.C12H15NO.C12H17N.C9H11NO.C9H9NO.C9H10.C8H13NO.4C5H12.5C2H6/c1-12(2,3)14-8-13-10-7-5-4-6-9(10)11(14)15;1-12(2,3)13-8-9-6-4-5-7-10(9)11(13)14;1-12(2,3)13-9-8-10-6-4-5-7-11(10)13;1-10-6-7-11-9-5-3-2-4-8(9)10;1-10-8-5-3-2-4-7(8)6-9(10)11;1-2-5-9-7-3-6-8(9)4-1;1-4-9-7(10)5-6-8(9,2)3;4*1-5(2,3)4;5*1-2/h4-8H,1-3H3;4-7H,8H2,1-3H3;4-7H,8-9H2,1-3H3;2-5H,6-7H2,1H3;2-5H,6H2,1H3;1-2,4-5H,3,6-7H2;5-6H,4H2,1-3H3;4*1-4H3;5*1-2H3. The Bertz CT molecular complexity index is 3770. The van der Waals surface area contributed by atoms with Crippen LogP contribution in [-0.4, -0.2) is 94.0 Å². The number of ether oxygens (including phenoxy) is 1. The fourth-order valence-corrected chi connectivity index (χ4v) is 10.9. The van der Waals surface area contributed by atoms with Crippen molar-refractivity contribution < 1.29 is 19.1 Å². The van der Waals surface area contributed by atoms with Crippen LogP contribution in [0.15, 0.2) is 169 Å². The van der Waals surface area contributed by atoms with Gasteiger partial charge in [0.1, 0.15) is 12.4 Å². The second-order valence-corrected chi connectivity index (χ2v) is 37.2. The molecule has 0 unspecified atom stereocenters. The summed E-state index contributed by atoms with van der Waals surface area (Å²) in [5.41, 5.74) is 14.1. The summed E-state index contributed by atoms with van der Waals surface area (Å²) in [6.45, 7) is 84.6. The van der Waals surface area contributed by atoms with Crippen LogP contribution in [0.4, 0.5) is 17.1 Å². The van der Waals surface area contributed by atoms with E-state index in [9.17, 15) is 19.2 Å². The zero-order chi connectivity index (χ0) is 88.3. The molecule has 1 aliphatic carbocycles. The van der Waals surface area contributed by atoms with Crippen LogP contribution < -0.4 is 25.0 Å². The Labute approximate surface area is 694 Å². The van der Waals surface area contributed by atoms with Crippen molar-refractivity contribution in [2.45, 2.75) is 324 Å². The Kier molecular flexibility index (Phi) is 50.7. The van der Waals surface area contributed by atoms with E-state index >= 15 is 0 Å². The molecule has 0 N–H and O–H groups in total. The van der Waals surface area contributed by atoms with Crippen molar-refractivity contribution in [3.8, 4) is 5.75 Å². The monoisotopic (exact) mass is 1560 g/mol. The third kappa shape index (κ3) is 44.5. The summed E-state index contributed by atoms with van der Waals surface area (Å²) in [6.07, 6.45) is 10.9. The number of carbonyl (C=O) groups excluding carboxylic acids is 3. The Morgan fingerprint density at radius 2 is 0.832 bits per heavy atom. The molecule has 5 aliphatic heterocycles. The minimum Gasteiger partial charge on any atom is -0.490 e. The highest BCUT2D eigenvalue weighted by molar-refractivity contribution is 6.01. The summed E-state index contributed by atoms with van der Waals surface area (Å²) >= 11 is 0. The number of anilines is 3. The number of hydrogen-bond acceptors (Lipinski definition) is 8. The lowest BCUT2D eigenvalue weighted by Crippen LogP contribution is -2.41. The quantitative estimate of drug-likeness (QED) is 0.160. The zero-order valence-corrected chi connectivity index (χ0v) is 79.8. The third-order valence-electron chi connectivity index (χ3n) is 15.7. The third-order valence-corrected chi connectivity index (χ3v) is 15.7. The predicted octanol–water partition coefficient (Wildman–Crippen LogP) is 26.9. The first-order valence-electron chi connectivity index (χ1n) is 42.4. The van der Waals surface area contributed by atoms with Crippen LogP contribution in [0.25, 0.3) is 10.9 Å². The Hall–Kier alpha value is -7.99. The van der Waals surface area contributed by atoms with Crippen molar-refractivity contribution in [3.05, 3.63) is 208 Å². The summed E-state index contributed by atoms with van der Waals surface area (Å²) in [6, 6.07) is 48.7. The molecule has 0 saturated heterocycles. The average molecular weight is 1560 g/mol. The van der Waals surface area contributed by atoms with Crippen molar-refractivity contribution in [1.29, 1.82) is 0 Å². The first-order valence-corrected chi connectivity index (χ1v) is 42.4. The maximum Gasteiger partial charge on any atom is 0.261 e. The van der Waals surface area contributed by atoms with E-state index in [0.29, 0.717) is 33.5 Å². The van der Waals surface area contributed by atoms with Gasteiger partial charge >= 0.3 is 0 Å². The van der Waals surface area contributed by atoms with Crippen LogP contribution in [0.5, 0.6) is 5.75 Å². The number of rotatable bonds is 1. The summed E-state index contributed by atoms with van der Waals surface area (Å²) in [7, 11) is 3.90. The molecule has 0 radical (unpaired) electrons. The number of nitrogens with zero attached hydrogens (tertiary/aromatic N) is 7. The van der Waals surface area contributed by atoms with E-state index in [1.54, 1.807) is 33.0 Å². The van der Waals surface area contributed by atoms with Crippen LogP contribution in [0.2, 0.25) is 0 Å². The van der Waals surface area contributed by atoms with Gasteiger partial charge in [0.15, 0.2) is 0 Å². The van der Waals surface area contributed by atoms with Gasteiger partial charge in [0.25, 0.3) is 11.5 Å². The van der Waals surface area contributed by atoms with Gasteiger partial charge in [-0.1, -0.05) is 289 Å². The largest absolute Gasteiger partial charge is 0.490 e. The molecule has 0 spiro atoms. The van der Waals surface area contributed by atoms with E-state index in [2.05, 4.69) is 229 Å². The molecule has 6 aromatic carbocycles. The maximum atomic E-state index is 12.1. The second-order valence-electron chi connectivity index (χ2n) is 37.2. The van der Waals surface area contributed by atoms with Crippen molar-refractivity contribution in [3.63, 3.8) is 0 Å². The van der Waals surface area contributed by atoms with Gasteiger partial charge in [-0.25, -0.2) is 4.98 Å². The van der Waals surface area contributed by atoms with Crippen LogP contribution in [0.1, 0.15) is 308 Å². The van der Waals surface area contributed by atoms with Gasteiger partial charge in [0, 0.05) is 73.4 Å². The van der Waals surface area contributed by atoms with Crippen molar-refractivity contribution in [2.24, 2.45) is 21.7 Å². The van der Waals surface area contributed by atoms with Crippen molar-refractivity contribution in [2.75, 3.05) is 55.0 Å². The van der Waals surface area contributed by atoms with Gasteiger partial charge in [-0.3, -0.25) is 23.7 Å². The Morgan fingerprint density at radius 3 is 1.24 bits per heavy atom. The molecule has 6 heterocycles. The number of carbonyl (C=O) groups is 3. The fraction of sp³-hybridized carbons (Fsp3) is 0.574. The van der Waals surface area contributed by atoms with E-state index < -0.39 is 0 Å². The molecule has 3 amide bonds. The molecule has 12 heteroatoms. The zero-order valence-electron chi connectivity index (χ0n) is 79.8. The molecular weight excluding hydrogens is 1390 g/mol. The summed E-state index contributed by atoms with van der Waals surface area (Å²) < 4.78 is 7.11. The molecule has 113 heavy (non-hydrogen) atoms. The number of aromatic nitrogens is 2. The molecule has 0 atom stereocenters. The van der Waals surface area contributed by atoms with Crippen molar-refractivity contribution >= 4 is 45.7 Å². The second kappa shape index (κ2) is 52.5. The predicted molar refractivity (Wildman–Crippen MR) is 499 cm³/mol. The van der Waals surface area contributed by atoms with E-state index in [4.69, 9.17) is 4.74 Å². The Morgan fingerprint density at radius 1 is 0.434 bits per heavy atom. The van der Waals surface area contributed by atoms with Gasteiger partial charge in [-0.05, 0) is 201 Å². The van der Waals surface area contributed by atoms with Gasteiger partial charge in [0.05, 0.1) is 41.4 Å². The number of likely N-dealkylation sites (N-methyl/N-ethyl adjacent to an activating group) is 3. The number of aryl methyl sites for hydroxylation is 2. The van der Waals surface area contributed by atoms with Gasteiger partial charge in [-0.2, -0.15) is 0 Å². The fourth-order valence-electron chi connectivity index (χ4n) is 10.9. The van der Waals surface area contributed by atoms with Crippen molar-refractivity contribution in [1.82, 2.24) is 19.4 Å². The van der Waals surface area contributed by atoms with Gasteiger partial charge < -0.3 is 29.2 Å². The van der Waals surface area contributed by atoms with E-state index in [1.165, 1.54) is 49.2 Å². The number of benzene rings is 6. The van der Waals surface area contributed by atoms with Crippen LogP contribution in [0, 0.1) is 21.7 Å². The number of fused-ring (bicyclic) bond motifs is 6. The molecule has 636 valence electrons. The van der Waals surface area contributed by atoms with Crippen LogP contribution in [-0.2, 0) is 47.4 Å². The lowest BCUT2D eigenvalue weighted by Gasteiger charge is -2.34. The minimum absolute atomic E-state index is 0.0214. The molecule has 0 bridgehead atoms. The maximum absolute atomic E-state index is 12.1. The van der Waals surface area contributed by atoms with E-state index in [1.807, 2.05) is 225 Å². The highest BCUT2D eigenvalue weighted by atomic mass is 16.5. The van der Waals surface area contributed by atoms with Gasteiger partial charge in [-0.15, -0.1) is 0 Å². The first-order chi connectivity index (χ1) is 52.3. The van der Waals surface area contributed by atoms with Crippen LogP contribution >= 0.6 is 0 Å². The topological polar surface area (TPSA) is 112 Å². The molecular formula is C101H167N7O5. The molecule has 0 saturated carbocycles. The Balaban J connectivity index is -0.00000118. The molecule has 1 aromatic heterocycles. The van der Waals surface area contributed by atoms with E-state index in [0.717, 1.165) is 59.9 Å². The number of hydrogen-bond donors (Lipinski definition) is 0. The highest BCUT2D eigenvalue weighted by Gasteiger charge is 2.35. The summed E-state index contributed by atoms with van der Waals surface area (Å²) in [5.74, 6) is 1.48. The van der Waals surface area contributed by atoms with Gasteiger partial charge in [0.2, 0.25) is 11.8 Å². The lowest BCUT2D eigenvalue weighted by atomic mass is 10.0. The molecule has 7 aromatic rings.